The number of benzene rings is 1. The third-order valence-electron chi connectivity index (χ3n) is 5.81. The minimum Gasteiger partial charge on any atom is -0.467 e. The first-order chi connectivity index (χ1) is 15.6. The molecule has 9 heteroatoms. The number of tetrazole rings is 1. The van der Waals surface area contributed by atoms with Crippen LogP contribution in [0.2, 0.25) is 0 Å². The molecule has 0 spiro atoms. The summed E-state index contributed by atoms with van der Waals surface area (Å²) in [4.78, 5) is 18.0. The monoisotopic (exact) mass is 434 g/mol. The highest BCUT2D eigenvalue weighted by Gasteiger charge is 2.22. The van der Waals surface area contributed by atoms with Gasteiger partial charge in [-0.25, -0.2) is 4.68 Å². The predicted molar refractivity (Wildman–Crippen MR) is 118 cm³/mol. The molecule has 0 amide bonds. The van der Waals surface area contributed by atoms with E-state index in [2.05, 4.69) is 31.5 Å². The van der Waals surface area contributed by atoms with Gasteiger partial charge in [-0.05, 0) is 65.9 Å². The number of hydrogen-bond acceptors (Lipinski definition) is 7. The SMILES string of the molecule is Cc1ccc2[nH]c(=O)c(CN(Cc3nnnn3Cc3ccco3)CC3CCCO3)cc2c1. The Labute approximate surface area is 185 Å². The molecule has 1 aliphatic rings. The number of aromatic nitrogens is 5. The molecule has 1 N–H and O–H groups in total. The standard InChI is InChI=1S/C23H26N6O3/c1-16-6-7-21-17(10-16)11-18(23(30)24-21)12-28(13-19-4-2-8-31-19)15-22-25-26-27-29(22)14-20-5-3-9-32-20/h3,5-7,9-11,19H,2,4,8,12-15H2,1H3,(H,24,30). The van der Waals surface area contributed by atoms with Crippen molar-refractivity contribution in [3.05, 3.63) is 75.7 Å². The summed E-state index contributed by atoms with van der Waals surface area (Å²) in [7, 11) is 0. The number of rotatable bonds is 8. The van der Waals surface area contributed by atoms with E-state index in [1.807, 2.05) is 37.3 Å². The van der Waals surface area contributed by atoms with Gasteiger partial charge in [0.2, 0.25) is 0 Å². The molecule has 166 valence electrons. The number of H-pyrrole nitrogens is 1. The van der Waals surface area contributed by atoms with Crippen LogP contribution in [0, 0.1) is 6.92 Å². The van der Waals surface area contributed by atoms with Crippen LogP contribution in [-0.4, -0.2) is 49.3 Å². The number of nitrogens with zero attached hydrogens (tertiary/aromatic N) is 5. The van der Waals surface area contributed by atoms with Gasteiger partial charge in [-0.2, -0.15) is 0 Å². The molecule has 5 rings (SSSR count). The number of aryl methyl sites for hydroxylation is 1. The van der Waals surface area contributed by atoms with E-state index in [0.29, 0.717) is 37.6 Å². The van der Waals surface area contributed by atoms with Gasteiger partial charge in [-0.3, -0.25) is 9.69 Å². The molecule has 1 fully saturated rings. The molecular formula is C23H26N6O3. The number of nitrogens with one attached hydrogen (secondary N) is 1. The van der Waals surface area contributed by atoms with Crippen LogP contribution in [0.5, 0.6) is 0 Å². The van der Waals surface area contributed by atoms with Gasteiger partial charge in [0.25, 0.3) is 5.56 Å². The fraction of sp³-hybridized carbons (Fsp3) is 0.391. The summed E-state index contributed by atoms with van der Waals surface area (Å²) in [5, 5.41) is 13.2. The van der Waals surface area contributed by atoms with Gasteiger partial charge in [-0.1, -0.05) is 11.6 Å². The van der Waals surface area contributed by atoms with E-state index in [1.165, 1.54) is 0 Å². The van der Waals surface area contributed by atoms with Gasteiger partial charge in [0.05, 0.1) is 18.9 Å². The summed E-state index contributed by atoms with van der Waals surface area (Å²) in [5.74, 6) is 1.50. The normalized spacial score (nSPS) is 16.4. The Bertz CT molecular complexity index is 1240. The summed E-state index contributed by atoms with van der Waals surface area (Å²) in [6.07, 6.45) is 3.86. The Morgan fingerprint density at radius 1 is 1.25 bits per heavy atom. The van der Waals surface area contributed by atoms with Crippen LogP contribution in [0.25, 0.3) is 10.9 Å². The first-order valence-electron chi connectivity index (χ1n) is 10.9. The maximum absolute atomic E-state index is 12.8. The summed E-state index contributed by atoms with van der Waals surface area (Å²) in [5.41, 5.74) is 2.64. The Balaban J connectivity index is 1.40. The second kappa shape index (κ2) is 9.05. The molecule has 4 heterocycles. The lowest BCUT2D eigenvalue weighted by Gasteiger charge is -2.24. The van der Waals surface area contributed by atoms with Crippen molar-refractivity contribution in [1.29, 1.82) is 0 Å². The highest BCUT2D eigenvalue weighted by Crippen LogP contribution is 2.18. The Morgan fingerprint density at radius 3 is 3.00 bits per heavy atom. The molecule has 1 unspecified atom stereocenters. The number of fused-ring (bicyclic) bond motifs is 1. The van der Waals surface area contributed by atoms with E-state index < -0.39 is 0 Å². The lowest BCUT2D eigenvalue weighted by molar-refractivity contribution is 0.0663. The summed E-state index contributed by atoms with van der Waals surface area (Å²) in [6, 6.07) is 11.8. The summed E-state index contributed by atoms with van der Waals surface area (Å²) in [6.45, 7) is 4.97. The van der Waals surface area contributed by atoms with E-state index in [4.69, 9.17) is 9.15 Å². The maximum atomic E-state index is 12.8. The second-order valence-corrected chi connectivity index (χ2v) is 8.35. The highest BCUT2D eigenvalue weighted by atomic mass is 16.5. The average Bonchev–Trinajstić information content (AvgIpc) is 3.54. The third-order valence-corrected chi connectivity index (χ3v) is 5.81. The van der Waals surface area contributed by atoms with Crippen molar-refractivity contribution in [2.45, 2.75) is 45.5 Å². The average molecular weight is 435 g/mol. The van der Waals surface area contributed by atoms with Crippen LogP contribution < -0.4 is 5.56 Å². The zero-order chi connectivity index (χ0) is 21.9. The topological polar surface area (TPSA) is 102 Å². The Morgan fingerprint density at radius 2 is 2.19 bits per heavy atom. The van der Waals surface area contributed by atoms with Crippen molar-refractivity contribution in [3.63, 3.8) is 0 Å². The molecule has 1 aromatic carbocycles. The molecule has 1 saturated heterocycles. The Kier molecular flexibility index (Phi) is 5.83. The van der Waals surface area contributed by atoms with Crippen LogP contribution in [0.4, 0.5) is 0 Å². The number of hydrogen-bond donors (Lipinski definition) is 1. The van der Waals surface area contributed by atoms with E-state index in [1.54, 1.807) is 10.9 Å². The largest absolute Gasteiger partial charge is 0.467 e. The second-order valence-electron chi connectivity index (χ2n) is 8.35. The smallest absolute Gasteiger partial charge is 0.252 e. The van der Waals surface area contributed by atoms with Crippen LogP contribution in [0.1, 0.15) is 35.6 Å². The molecule has 0 aliphatic carbocycles. The van der Waals surface area contributed by atoms with Crippen molar-refractivity contribution in [3.8, 4) is 0 Å². The predicted octanol–water partition coefficient (Wildman–Crippen LogP) is 2.65. The molecule has 1 atom stereocenters. The van der Waals surface area contributed by atoms with Crippen LogP contribution >= 0.6 is 0 Å². The van der Waals surface area contributed by atoms with Crippen molar-refractivity contribution in [2.24, 2.45) is 0 Å². The van der Waals surface area contributed by atoms with Crippen LogP contribution in [0.15, 0.2) is 51.9 Å². The fourth-order valence-corrected chi connectivity index (χ4v) is 4.20. The zero-order valence-electron chi connectivity index (χ0n) is 18.0. The first kappa shape index (κ1) is 20.6. The summed E-state index contributed by atoms with van der Waals surface area (Å²) >= 11 is 0. The number of ether oxygens (including phenoxy) is 1. The van der Waals surface area contributed by atoms with Gasteiger partial charge in [0.1, 0.15) is 12.3 Å². The minimum atomic E-state index is -0.0751. The molecule has 4 aromatic rings. The molecule has 0 saturated carbocycles. The fourth-order valence-electron chi connectivity index (χ4n) is 4.20. The zero-order valence-corrected chi connectivity index (χ0v) is 18.0. The molecular weight excluding hydrogens is 408 g/mol. The van der Waals surface area contributed by atoms with Gasteiger partial charge >= 0.3 is 0 Å². The van der Waals surface area contributed by atoms with Crippen LogP contribution in [-0.2, 0) is 24.4 Å². The lowest BCUT2D eigenvalue weighted by Crippen LogP contribution is -2.34. The lowest BCUT2D eigenvalue weighted by atomic mass is 10.1. The maximum Gasteiger partial charge on any atom is 0.252 e. The number of pyridine rings is 1. The number of aromatic amines is 1. The molecule has 9 nitrogen and oxygen atoms in total. The summed E-state index contributed by atoms with van der Waals surface area (Å²) < 4.78 is 13.0. The Hall–Kier alpha value is -3.30. The van der Waals surface area contributed by atoms with Gasteiger partial charge in [0, 0.05) is 30.8 Å². The number of furan rings is 1. The molecule has 1 aliphatic heterocycles. The highest BCUT2D eigenvalue weighted by molar-refractivity contribution is 5.79. The van der Waals surface area contributed by atoms with Crippen molar-refractivity contribution in [1.82, 2.24) is 30.1 Å². The van der Waals surface area contributed by atoms with Gasteiger partial charge in [0.15, 0.2) is 5.82 Å². The molecule has 32 heavy (non-hydrogen) atoms. The molecule has 0 bridgehead atoms. The van der Waals surface area contributed by atoms with Gasteiger partial charge in [-0.15, -0.1) is 5.10 Å². The molecule has 3 aromatic heterocycles. The van der Waals surface area contributed by atoms with Gasteiger partial charge < -0.3 is 14.1 Å². The van der Waals surface area contributed by atoms with Crippen molar-refractivity contribution >= 4 is 10.9 Å². The third kappa shape index (κ3) is 4.63. The van der Waals surface area contributed by atoms with E-state index in [-0.39, 0.29) is 11.7 Å². The first-order valence-corrected chi connectivity index (χ1v) is 10.9. The minimum absolute atomic E-state index is 0.0751. The van der Waals surface area contributed by atoms with Crippen molar-refractivity contribution in [2.75, 3.05) is 13.2 Å². The van der Waals surface area contributed by atoms with E-state index in [0.717, 1.165) is 41.7 Å². The quantitative estimate of drug-likeness (QED) is 0.455. The van der Waals surface area contributed by atoms with Crippen molar-refractivity contribution < 1.29 is 9.15 Å². The molecule has 0 radical (unpaired) electrons. The van der Waals surface area contributed by atoms with E-state index in [9.17, 15) is 4.79 Å². The van der Waals surface area contributed by atoms with Crippen LogP contribution in [0.3, 0.4) is 0 Å². The van der Waals surface area contributed by atoms with E-state index >= 15 is 0 Å².